The van der Waals surface area contributed by atoms with Crippen molar-refractivity contribution in [2.24, 2.45) is 39.8 Å². The maximum absolute atomic E-state index is 14.7. The quantitative estimate of drug-likeness (QED) is 0.0272. The van der Waals surface area contributed by atoms with Crippen LogP contribution in [0.1, 0.15) is 78.2 Å². The first kappa shape index (κ1) is 52.2. The molecule has 0 radical (unpaired) electrons. The summed E-state index contributed by atoms with van der Waals surface area (Å²) in [6.07, 6.45) is -0.673. The van der Waals surface area contributed by atoms with Crippen LogP contribution in [0.4, 0.5) is 8.78 Å². The van der Waals surface area contributed by atoms with Gasteiger partial charge in [0.25, 0.3) is 0 Å². The first-order valence-electron chi connectivity index (χ1n) is 20.2. The molecule has 1 aliphatic heterocycles. The van der Waals surface area contributed by atoms with Crippen molar-refractivity contribution in [1.29, 1.82) is 0 Å². The van der Waals surface area contributed by atoms with E-state index >= 15 is 0 Å². The Morgan fingerprint density at radius 3 is 1.81 bits per heavy atom. The molecule has 62 heavy (non-hydrogen) atoms. The molecule has 15 N–H and O–H groups in total. The lowest BCUT2D eigenvalue weighted by molar-refractivity contribution is -0.149. The van der Waals surface area contributed by atoms with Gasteiger partial charge < -0.3 is 64.6 Å². The lowest BCUT2D eigenvalue weighted by Gasteiger charge is -2.29. The number of aliphatic imine (C=N–C) groups is 1. The molecule has 0 bridgehead atoms. The number of aliphatic carboxylic acids is 1. The number of primary amides is 1. The third-order valence-corrected chi connectivity index (χ3v) is 9.70. The summed E-state index contributed by atoms with van der Waals surface area (Å²) in [5.74, 6) is -10.3. The highest BCUT2D eigenvalue weighted by Crippen LogP contribution is 2.20. The van der Waals surface area contributed by atoms with Gasteiger partial charge in [0.15, 0.2) is 5.96 Å². The zero-order valence-corrected chi connectivity index (χ0v) is 35.3. The number of likely N-dealkylation sites (tertiary alicyclic amines) is 1. The molecule has 1 heterocycles. The van der Waals surface area contributed by atoms with Crippen LogP contribution < -0.4 is 49.5 Å². The molecule has 7 amide bonds. The Morgan fingerprint density at radius 1 is 0.790 bits per heavy atom. The molecule has 23 heteroatoms. The van der Waals surface area contributed by atoms with E-state index in [9.17, 15) is 57.4 Å². The van der Waals surface area contributed by atoms with E-state index in [1.807, 2.05) is 0 Å². The molecule has 0 saturated carbocycles. The molecule has 0 aliphatic carbocycles. The van der Waals surface area contributed by atoms with E-state index in [1.54, 1.807) is 27.7 Å². The van der Waals surface area contributed by atoms with E-state index in [1.165, 1.54) is 0 Å². The predicted octanol–water partition coefficient (Wildman–Crippen LogP) is -2.65. The third-order valence-electron chi connectivity index (χ3n) is 9.70. The van der Waals surface area contributed by atoms with Gasteiger partial charge in [-0.3, -0.25) is 38.6 Å². The summed E-state index contributed by atoms with van der Waals surface area (Å²) in [4.78, 5) is 110. The molecule has 1 fully saturated rings. The van der Waals surface area contributed by atoms with Gasteiger partial charge in [-0.15, -0.1) is 0 Å². The Hall–Kier alpha value is -5.97. The van der Waals surface area contributed by atoms with Gasteiger partial charge in [0, 0.05) is 25.6 Å². The number of hydrogen-bond donors (Lipinski definition) is 11. The second-order valence-corrected chi connectivity index (χ2v) is 15.9. The number of aliphatic hydroxyl groups excluding tert-OH is 1. The monoisotopic (exact) mass is 881 g/mol. The average molecular weight is 882 g/mol. The molecule has 1 aromatic carbocycles. The minimum atomic E-state index is -1.59. The fourth-order valence-electron chi connectivity index (χ4n) is 6.63. The number of nitrogens with zero attached hydrogens (tertiary/aromatic N) is 2. The molecular formula is C39H61F2N11O10. The maximum Gasteiger partial charge on any atom is 0.326 e. The fraction of sp³-hybridized carbons (Fsp3) is 0.615. The van der Waals surface area contributed by atoms with Crippen LogP contribution in [-0.4, -0.2) is 130 Å². The number of benzene rings is 1. The number of carbonyl (C=O) groups is 8. The number of hydrogen-bond acceptors (Lipinski definition) is 11. The lowest BCUT2D eigenvalue weighted by atomic mass is 9.98. The number of nitrogens with one attached hydrogen (secondary N) is 5. The summed E-state index contributed by atoms with van der Waals surface area (Å²) in [5.41, 5.74) is 21.7. The van der Waals surface area contributed by atoms with E-state index in [4.69, 9.17) is 22.9 Å². The smallest absolute Gasteiger partial charge is 0.326 e. The highest BCUT2D eigenvalue weighted by Gasteiger charge is 2.39. The second-order valence-electron chi connectivity index (χ2n) is 15.9. The van der Waals surface area contributed by atoms with Crippen molar-refractivity contribution in [1.82, 2.24) is 31.5 Å². The van der Waals surface area contributed by atoms with Gasteiger partial charge in [0.1, 0.15) is 53.9 Å². The topological polar surface area (TPSA) is 357 Å². The van der Waals surface area contributed by atoms with Crippen molar-refractivity contribution in [3.63, 3.8) is 0 Å². The number of carbonyl (C=O) groups excluding carboxylic acids is 7. The summed E-state index contributed by atoms with van der Waals surface area (Å²) in [6.45, 7) is 6.26. The standard InChI is InChI=1S/C39H61F2N11O10/c1-19(2)13-26(49-35(58)27(14-20(3)4)50-36(59)28(48-32(55)24(42)18-53)15-21-9-10-22(40)16-23(21)41)34(57)47-25(7-5-11-46-39(44)45)33(56)51-29(17-31(43)54)37(60)52-12-6-8-30(52)38(61)62/h9-10,16,19-20,24-30,53H,5-8,11-15,17-18,42H2,1-4H3,(H2,43,54)(H,47,57)(H,48,55)(H,49,58)(H,50,59)(H,51,56)(H,61,62)(H4,44,45,46)/t24-,25-,26-,27-,28-,29-,30-/m0/s1. The van der Waals surface area contributed by atoms with Crippen molar-refractivity contribution < 1.29 is 57.4 Å². The van der Waals surface area contributed by atoms with Crippen LogP contribution in [0.15, 0.2) is 23.2 Å². The van der Waals surface area contributed by atoms with Gasteiger partial charge in [-0.25, -0.2) is 13.6 Å². The molecule has 0 unspecified atom stereocenters. The van der Waals surface area contributed by atoms with E-state index in [0.29, 0.717) is 12.5 Å². The Labute approximate surface area is 357 Å². The first-order valence-corrected chi connectivity index (χ1v) is 20.2. The van der Waals surface area contributed by atoms with Crippen molar-refractivity contribution in [3.05, 3.63) is 35.4 Å². The first-order chi connectivity index (χ1) is 29.0. The molecule has 1 aliphatic rings. The van der Waals surface area contributed by atoms with Crippen LogP contribution in [0, 0.1) is 23.5 Å². The minimum Gasteiger partial charge on any atom is -0.480 e. The van der Waals surface area contributed by atoms with E-state index < -0.39 is 121 Å². The van der Waals surface area contributed by atoms with Crippen LogP contribution in [0.2, 0.25) is 0 Å². The number of rotatable bonds is 25. The number of carboxylic acid groups (broad SMARTS) is 1. The molecule has 346 valence electrons. The van der Waals surface area contributed by atoms with Crippen LogP contribution in [0.3, 0.4) is 0 Å². The summed E-state index contributed by atoms with van der Waals surface area (Å²) >= 11 is 0. The molecular weight excluding hydrogens is 820 g/mol. The predicted molar refractivity (Wildman–Crippen MR) is 220 cm³/mol. The van der Waals surface area contributed by atoms with Gasteiger partial charge in [0.05, 0.1) is 13.0 Å². The SMILES string of the molecule is CC(C)C[C@H](NC(=O)[C@H](CC(C)C)NC(=O)[C@H](Cc1ccc(F)cc1F)NC(=O)[C@@H](N)CO)C(=O)N[C@@H](CCCN=C(N)N)C(=O)N[C@@H](CC(N)=O)C(=O)N1CCC[C@H]1C(=O)O. The van der Waals surface area contributed by atoms with E-state index in [-0.39, 0.29) is 68.6 Å². The van der Waals surface area contributed by atoms with Crippen molar-refractivity contribution in [3.8, 4) is 0 Å². The molecule has 0 aromatic heterocycles. The largest absolute Gasteiger partial charge is 0.480 e. The Balaban J connectivity index is 2.42. The highest BCUT2D eigenvalue weighted by molar-refractivity contribution is 5.98. The van der Waals surface area contributed by atoms with Gasteiger partial charge in [-0.05, 0) is 62.0 Å². The number of guanidine groups is 1. The Kier molecular flexibility index (Phi) is 21.1. The van der Waals surface area contributed by atoms with Gasteiger partial charge in [0.2, 0.25) is 41.4 Å². The van der Waals surface area contributed by atoms with Crippen LogP contribution in [-0.2, 0) is 44.8 Å². The summed E-state index contributed by atoms with van der Waals surface area (Å²) in [7, 11) is 0. The minimum absolute atomic E-state index is 0.000175. The zero-order valence-electron chi connectivity index (χ0n) is 35.3. The third kappa shape index (κ3) is 17.2. The molecule has 1 aromatic rings. The molecule has 0 spiro atoms. The van der Waals surface area contributed by atoms with Crippen molar-refractivity contribution >= 4 is 53.3 Å². The zero-order chi connectivity index (χ0) is 46.8. The number of aliphatic hydroxyl groups is 1. The second kappa shape index (κ2) is 25.1. The molecule has 7 atom stereocenters. The molecule has 1 saturated heterocycles. The highest BCUT2D eigenvalue weighted by atomic mass is 19.1. The summed E-state index contributed by atoms with van der Waals surface area (Å²) in [5, 5.41) is 31.5. The number of amides is 7. The Morgan fingerprint density at radius 2 is 1.31 bits per heavy atom. The number of carboxylic acids is 1. The Bertz CT molecular complexity index is 1800. The van der Waals surface area contributed by atoms with E-state index in [0.717, 1.165) is 17.0 Å². The van der Waals surface area contributed by atoms with Crippen LogP contribution in [0.5, 0.6) is 0 Å². The summed E-state index contributed by atoms with van der Waals surface area (Å²) in [6, 6.07) is -7.32. The molecule has 21 nitrogen and oxygen atoms in total. The maximum atomic E-state index is 14.7. The van der Waals surface area contributed by atoms with Gasteiger partial charge >= 0.3 is 5.97 Å². The van der Waals surface area contributed by atoms with Crippen molar-refractivity contribution in [2.75, 3.05) is 19.7 Å². The molecule has 2 rings (SSSR count). The lowest BCUT2D eigenvalue weighted by Crippen LogP contribution is -2.60. The van der Waals surface area contributed by atoms with E-state index in [2.05, 4.69) is 31.6 Å². The normalized spacial score (nSPS) is 16.5. The average Bonchev–Trinajstić information content (AvgIpc) is 3.68. The number of halogens is 2. The van der Waals surface area contributed by atoms with Crippen LogP contribution >= 0.6 is 0 Å². The van der Waals surface area contributed by atoms with Gasteiger partial charge in [-0.2, -0.15) is 0 Å². The van der Waals surface area contributed by atoms with Crippen LogP contribution in [0.25, 0.3) is 0 Å². The fourth-order valence-corrected chi connectivity index (χ4v) is 6.63. The van der Waals surface area contributed by atoms with Gasteiger partial charge in [-0.1, -0.05) is 33.8 Å². The summed E-state index contributed by atoms with van der Waals surface area (Å²) < 4.78 is 28.3. The van der Waals surface area contributed by atoms with Crippen molar-refractivity contribution in [2.45, 2.75) is 121 Å². The number of nitrogens with two attached hydrogens (primary N) is 4.